The zero-order valence-corrected chi connectivity index (χ0v) is 26.2. The molecule has 0 radical (unpaired) electrons. The van der Waals surface area contributed by atoms with Gasteiger partial charge in [0.05, 0.1) is 51.1 Å². The third-order valence-corrected chi connectivity index (χ3v) is 8.75. The average Bonchev–Trinajstić information content (AvgIpc) is 3.55. The van der Waals surface area contributed by atoms with Crippen molar-refractivity contribution in [2.75, 3.05) is 20.8 Å². The van der Waals surface area contributed by atoms with E-state index < -0.39 is 12.0 Å². The number of benzene rings is 2. The molecule has 2 aromatic heterocycles. The summed E-state index contributed by atoms with van der Waals surface area (Å²) in [6.45, 7) is 3.59. The summed E-state index contributed by atoms with van der Waals surface area (Å²) in [6, 6.07) is 11.2. The summed E-state index contributed by atoms with van der Waals surface area (Å²) in [5.74, 6) is 1.38. The first-order valence-electron chi connectivity index (χ1n) is 12.3. The van der Waals surface area contributed by atoms with E-state index in [-0.39, 0.29) is 17.7 Å². The molecule has 0 aliphatic carbocycles. The number of hydrogen-bond acceptors (Lipinski definition) is 8. The second-order valence-corrected chi connectivity index (χ2v) is 11.5. The Morgan fingerprint density at radius 3 is 2.56 bits per heavy atom. The second-order valence-electron chi connectivity index (χ2n) is 8.86. The summed E-state index contributed by atoms with van der Waals surface area (Å²) in [5, 5.41) is 0.789. The van der Waals surface area contributed by atoms with E-state index in [0.29, 0.717) is 63.7 Å². The van der Waals surface area contributed by atoms with Crippen molar-refractivity contribution in [3.8, 4) is 22.8 Å². The smallest absolute Gasteiger partial charge is 0.338 e. The highest BCUT2D eigenvalue weighted by Crippen LogP contribution is 2.36. The van der Waals surface area contributed by atoms with Crippen LogP contribution in [0.4, 0.5) is 0 Å². The molecule has 0 N–H and O–H groups in total. The molecule has 1 atom stereocenters. The van der Waals surface area contributed by atoms with Crippen LogP contribution in [0.15, 0.2) is 72.4 Å². The summed E-state index contributed by atoms with van der Waals surface area (Å²) in [5.41, 5.74) is 1.63. The fourth-order valence-corrected chi connectivity index (χ4v) is 6.36. The van der Waals surface area contributed by atoms with Gasteiger partial charge in [0.25, 0.3) is 5.56 Å². The molecule has 0 amide bonds. The number of aromatic nitrogens is 1. The van der Waals surface area contributed by atoms with Gasteiger partial charge in [-0.15, -0.1) is 0 Å². The lowest BCUT2D eigenvalue weighted by Gasteiger charge is -2.22. The molecule has 5 rings (SSSR count). The van der Waals surface area contributed by atoms with E-state index >= 15 is 0 Å². The molecule has 0 saturated heterocycles. The molecule has 0 bridgehead atoms. The van der Waals surface area contributed by atoms with Crippen LogP contribution >= 0.6 is 50.5 Å². The normalized spacial score (nSPS) is 15.0. The van der Waals surface area contributed by atoms with Crippen molar-refractivity contribution in [2.24, 2.45) is 4.99 Å². The fourth-order valence-electron chi connectivity index (χ4n) is 4.50. The third kappa shape index (κ3) is 5.49. The number of rotatable bonds is 7. The van der Waals surface area contributed by atoms with Crippen LogP contribution in [-0.4, -0.2) is 31.4 Å². The molecule has 1 aliphatic rings. The highest BCUT2D eigenvalue weighted by atomic mass is 79.9. The molecule has 4 aromatic rings. The summed E-state index contributed by atoms with van der Waals surface area (Å²) in [4.78, 5) is 32.2. The molecule has 1 aliphatic heterocycles. The van der Waals surface area contributed by atoms with Gasteiger partial charge in [-0.2, -0.15) is 0 Å². The van der Waals surface area contributed by atoms with Crippen LogP contribution in [-0.2, 0) is 9.53 Å². The van der Waals surface area contributed by atoms with Crippen LogP contribution in [0.25, 0.3) is 17.4 Å². The Kier molecular flexibility index (Phi) is 8.47. The number of carbonyl (C=O) groups is 1. The van der Waals surface area contributed by atoms with Crippen molar-refractivity contribution < 1.29 is 23.4 Å². The minimum atomic E-state index is -0.909. The number of thiazole rings is 1. The molecule has 3 heterocycles. The van der Waals surface area contributed by atoms with E-state index in [9.17, 15) is 9.59 Å². The number of methoxy groups -OCH3 is 2. The number of halogens is 3. The van der Waals surface area contributed by atoms with Crippen molar-refractivity contribution in [3.63, 3.8) is 0 Å². The quantitative estimate of drug-likeness (QED) is 0.218. The van der Waals surface area contributed by atoms with Crippen molar-refractivity contribution in [1.82, 2.24) is 4.57 Å². The Hall–Kier alpha value is -3.31. The number of allylic oxidation sites excluding steroid dienone is 1. The van der Waals surface area contributed by atoms with Crippen molar-refractivity contribution in [1.29, 1.82) is 0 Å². The molecule has 0 saturated carbocycles. The van der Waals surface area contributed by atoms with Gasteiger partial charge in [0.15, 0.2) is 4.80 Å². The van der Waals surface area contributed by atoms with Crippen LogP contribution in [0.3, 0.4) is 0 Å². The first-order chi connectivity index (χ1) is 19.7. The Morgan fingerprint density at radius 1 is 1.12 bits per heavy atom. The van der Waals surface area contributed by atoms with Gasteiger partial charge in [0.2, 0.25) is 0 Å². The van der Waals surface area contributed by atoms with Gasteiger partial charge in [-0.1, -0.05) is 34.5 Å². The van der Waals surface area contributed by atoms with Gasteiger partial charge in [0, 0.05) is 17.2 Å². The van der Waals surface area contributed by atoms with Crippen molar-refractivity contribution >= 4 is 62.5 Å². The molecule has 12 heteroatoms. The average molecular weight is 678 g/mol. The predicted octanol–water partition coefficient (Wildman–Crippen LogP) is 6.14. The topological polar surface area (TPSA) is 92.3 Å². The van der Waals surface area contributed by atoms with E-state index in [1.807, 2.05) is 0 Å². The van der Waals surface area contributed by atoms with E-state index in [1.54, 1.807) is 76.6 Å². The zero-order valence-electron chi connectivity index (χ0n) is 22.3. The molecule has 8 nitrogen and oxygen atoms in total. The fraction of sp³-hybridized carbons (Fsp3) is 0.207. The largest absolute Gasteiger partial charge is 0.496 e. The predicted molar refractivity (Wildman–Crippen MR) is 162 cm³/mol. The van der Waals surface area contributed by atoms with Gasteiger partial charge < -0.3 is 18.6 Å². The molecular weight excluding hydrogens is 655 g/mol. The summed E-state index contributed by atoms with van der Waals surface area (Å²) < 4.78 is 25.0. The Balaban J connectivity index is 1.70. The van der Waals surface area contributed by atoms with E-state index in [2.05, 4.69) is 20.9 Å². The molecule has 2 aromatic carbocycles. The molecule has 0 fully saturated rings. The van der Waals surface area contributed by atoms with E-state index in [4.69, 9.17) is 41.8 Å². The second kappa shape index (κ2) is 11.9. The van der Waals surface area contributed by atoms with Gasteiger partial charge in [-0.3, -0.25) is 9.36 Å². The van der Waals surface area contributed by atoms with Gasteiger partial charge in [-0.05, 0) is 72.3 Å². The number of hydrogen-bond donors (Lipinski definition) is 0. The lowest BCUT2D eigenvalue weighted by Crippen LogP contribution is -2.39. The number of ether oxygens (including phenoxy) is 3. The lowest BCUT2D eigenvalue weighted by molar-refractivity contribution is -0.139. The standard InChI is InChI=1S/C29H23BrCl2N2O6S/c1-5-39-28(36)25-14(2)33-29-34(26(25)21-9-8-20(40-21)15-6-7-18(31)19(32)11-15)27(35)24(41-29)12-16-10-17(30)23(38-4)13-22(16)37-3/h6-13,26H,5H2,1-4H3/b24-12-/t26-/m1/s1. The van der Waals surface area contributed by atoms with E-state index in [1.165, 1.54) is 15.9 Å². The maximum atomic E-state index is 14.0. The lowest BCUT2D eigenvalue weighted by atomic mass is 10.0. The minimum Gasteiger partial charge on any atom is -0.496 e. The highest BCUT2D eigenvalue weighted by molar-refractivity contribution is 9.10. The number of furan rings is 1. The summed E-state index contributed by atoms with van der Waals surface area (Å²) in [7, 11) is 3.10. The van der Waals surface area contributed by atoms with Crippen LogP contribution in [0.1, 0.15) is 31.2 Å². The molecule has 212 valence electrons. The maximum Gasteiger partial charge on any atom is 0.338 e. The van der Waals surface area contributed by atoms with Gasteiger partial charge in [0.1, 0.15) is 29.1 Å². The van der Waals surface area contributed by atoms with Crippen molar-refractivity contribution in [2.45, 2.75) is 19.9 Å². The monoisotopic (exact) mass is 676 g/mol. The first-order valence-corrected chi connectivity index (χ1v) is 14.7. The van der Waals surface area contributed by atoms with Gasteiger partial charge >= 0.3 is 5.97 Å². The Morgan fingerprint density at radius 2 is 1.88 bits per heavy atom. The molecule has 41 heavy (non-hydrogen) atoms. The van der Waals surface area contributed by atoms with Crippen LogP contribution in [0.2, 0.25) is 10.0 Å². The van der Waals surface area contributed by atoms with Crippen LogP contribution in [0, 0.1) is 0 Å². The highest BCUT2D eigenvalue weighted by Gasteiger charge is 2.35. The van der Waals surface area contributed by atoms with Crippen LogP contribution < -0.4 is 24.4 Å². The third-order valence-electron chi connectivity index (χ3n) is 6.41. The molecule has 0 spiro atoms. The number of carbonyl (C=O) groups excluding carboxylic acids is 1. The number of nitrogens with zero attached hydrogens (tertiary/aromatic N) is 2. The zero-order chi connectivity index (χ0) is 29.4. The molecular formula is C29H23BrCl2N2O6S. The molecule has 0 unspecified atom stereocenters. The van der Waals surface area contributed by atoms with Crippen molar-refractivity contribution in [3.05, 3.63) is 99.3 Å². The number of esters is 1. The number of fused-ring (bicyclic) bond motifs is 1. The Bertz CT molecular complexity index is 1890. The van der Waals surface area contributed by atoms with Crippen LogP contribution in [0.5, 0.6) is 11.5 Å². The van der Waals surface area contributed by atoms with Gasteiger partial charge in [-0.25, -0.2) is 9.79 Å². The first kappa shape index (κ1) is 29.2. The minimum absolute atomic E-state index is 0.158. The maximum absolute atomic E-state index is 14.0. The Labute approximate surface area is 257 Å². The van der Waals surface area contributed by atoms with E-state index in [0.717, 1.165) is 0 Å². The summed E-state index contributed by atoms with van der Waals surface area (Å²) >= 11 is 17.0. The SMILES string of the molecule is CCOC(=O)C1=C(C)N=c2s/c(=C\c3cc(Br)c(OC)cc3OC)c(=O)n2[C@@H]1c1ccc(-c2ccc(Cl)c(Cl)c2)o1. The summed E-state index contributed by atoms with van der Waals surface area (Å²) in [6.07, 6.45) is 1.72.